The van der Waals surface area contributed by atoms with Gasteiger partial charge in [-0.15, -0.1) is 0 Å². The van der Waals surface area contributed by atoms with Crippen molar-refractivity contribution in [3.63, 3.8) is 0 Å². The molecule has 5 nitrogen and oxygen atoms in total. The van der Waals surface area contributed by atoms with E-state index in [2.05, 4.69) is 63.8 Å². The summed E-state index contributed by atoms with van der Waals surface area (Å²) in [4.78, 5) is 16.0. The van der Waals surface area contributed by atoms with Crippen LogP contribution in [0.1, 0.15) is 34.2 Å². The van der Waals surface area contributed by atoms with Gasteiger partial charge in [0, 0.05) is 38.8 Å². The van der Waals surface area contributed by atoms with Gasteiger partial charge in [-0.25, -0.2) is 0 Å². The average Bonchev–Trinajstić information content (AvgIpc) is 3.42. The normalized spacial score (nSPS) is 23.8. The molecule has 2 aromatic carbocycles. The Balaban J connectivity index is 1.51. The Morgan fingerprint density at radius 2 is 1.83 bits per heavy atom. The molecular formula is C24H26N4O. The van der Waals surface area contributed by atoms with Crippen molar-refractivity contribution in [1.29, 1.82) is 0 Å². The molecule has 29 heavy (non-hydrogen) atoms. The third-order valence-corrected chi connectivity index (χ3v) is 6.37. The van der Waals surface area contributed by atoms with Crippen LogP contribution in [0.25, 0.3) is 0 Å². The molecule has 5 heteroatoms. The molecule has 1 unspecified atom stereocenters. The fourth-order valence-corrected chi connectivity index (χ4v) is 4.93. The van der Waals surface area contributed by atoms with Gasteiger partial charge in [0.15, 0.2) is 0 Å². The Hall–Kier alpha value is -2.92. The van der Waals surface area contributed by atoms with Crippen molar-refractivity contribution in [2.24, 2.45) is 13.0 Å². The second kappa shape index (κ2) is 7.48. The van der Waals surface area contributed by atoms with Gasteiger partial charge in [0.2, 0.25) is 5.91 Å². The predicted molar refractivity (Wildman–Crippen MR) is 112 cm³/mol. The first kappa shape index (κ1) is 18.1. The lowest BCUT2D eigenvalue weighted by atomic mass is 9.85. The minimum absolute atomic E-state index is 0.0243. The Bertz CT molecular complexity index is 1010. The molecular weight excluding hydrogens is 360 g/mol. The van der Waals surface area contributed by atoms with Crippen LogP contribution < -0.4 is 5.32 Å². The molecule has 2 aliphatic heterocycles. The van der Waals surface area contributed by atoms with Crippen molar-refractivity contribution < 1.29 is 4.79 Å². The zero-order valence-corrected chi connectivity index (χ0v) is 16.7. The number of aryl methyl sites for hydroxylation is 1. The van der Waals surface area contributed by atoms with E-state index in [1.54, 1.807) is 0 Å². The van der Waals surface area contributed by atoms with Crippen LogP contribution in [-0.4, -0.2) is 40.2 Å². The number of hydrogen-bond donors (Lipinski definition) is 1. The predicted octanol–water partition coefficient (Wildman–Crippen LogP) is 2.90. The lowest BCUT2D eigenvalue weighted by molar-refractivity contribution is -0.137. The van der Waals surface area contributed by atoms with Crippen molar-refractivity contribution >= 4 is 5.91 Å². The maximum atomic E-state index is 13.8. The number of carbonyl (C=O) groups is 1. The van der Waals surface area contributed by atoms with Crippen LogP contribution in [0, 0.1) is 5.92 Å². The summed E-state index contributed by atoms with van der Waals surface area (Å²) in [5.74, 6) is 0.354. The smallest absolute Gasteiger partial charge is 0.228 e. The molecule has 1 fully saturated rings. The van der Waals surface area contributed by atoms with Gasteiger partial charge < -0.3 is 10.2 Å². The number of amides is 1. The highest BCUT2D eigenvalue weighted by Crippen LogP contribution is 2.38. The van der Waals surface area contributed by atoms with Crippen molar-refractivity contribution in [1.82, 2.24) is 20.0 Å². The Labute approximate surface area is 171 Å². The van der Waals surface area contributed by atoms with Gasteiger partial charge in [-0.1, -0.05) is 54.6 Å². The molecule has 0 spiro atoms. The first-order valence-corrected chi connectivity index (χ1v) is 10.3. The summed E-state index contributed by atoms with van der Waals surface area (Å²) in [6.07, 6.45) is 4.85. The van der Waals surface area contributed by atoms with E-state index >= 15 is 0 Å². The molecule has 3 atom stereocenters. The van der Waals surface area contributed by atoms with Crippen molar-refractivity contribution in [3.8, 4) is 0 Å². The van der Waals surface area contributed by atoms with E-state index in [1.165, 1.54) is 16.7 Å². The van der Waals surface area contributed by atoms with Crippen LogP contribution in [-0.2, 0) is 18.3 Å². The molecule has 2 aliphatic rings. The highest BCUT2D eigenvalue weighted by Gasteiger charge is 2.41. The van der Waals surface area contributed by atoms with E-state index in [4.69, 9.17) is 0 Å². The zero-order valence-electron chi connectivity index (χ0n) is 16.7. The summed E-state index contributed by atoms with van der Waals surface area (Å²) in [7, 11) is 1.93. The summed E-state index contributed by atoms with van der Waals surface area (Å²) in [6, 6.07) is 19.0. The highest BCUT2D eigenvalue weighted by molar-refractivity contribution is 5.82. The SMILES string of the molecule is Cn1cc([C@H]2CNC[C@@H]2C(=O)N2CCc3ccccc3C2c2ccccc2)cn1. The zero-order chi connectivity index (χ0) is 19.8. The number of rotatable bonds is 3. The van der Waals surface area contributed by atoms with E-state index < -0.39 is 0 Å². The molecule has 1 aromatic heterocycles. The summed E-state index contributed by atoms with van der Waals surface area (Å²) >= 11 is 0. The van der Waals surface area contributed by atoms with Crippen molar-refractivity contribution in [2.45, 2.75) is 18.4 Å². The quantitative estimate of drug-likeness (QED) is 0.753. The topological polar surface area (TPSA) is 50.2 Å². The fourth-order valence-electron chi connectivity index (χ4n) is 4.93. The van der Waals surface area contributed by atoms with Crippen LogP contribution in [0.5, 0.6) is 0 Å². The third-order valence-electron chi connectivity index (χ3n) is 6.37. The summed E-state index contributed by atoms with van der Waals surface area (Å²) < 4.78 is 1.82. The number of carbonyl (C=O) groups excluding carboxylic acids is 1. The second-order valence-corrected chi connectivity index (χ2v) is 8.11. The summed E-state index contributed by atoms with van der Waals surface area (Å²) in [6.45, 7) is 2.30. The van der Waals surface area contributed by atoms with Crippen LogP contribution in [0.4, 0.5) is 0 Å². The first-order chi connectivity index (χ1) is 14.2. The van der Waals surface area contributed by atoms with E-state index in [0.29, 0.717) is 0 Å². The molecule has 1 N–H and O–H groups in total. The van der Waals surface area contributed by atoms with Gasteiger partial charge in [0.05, 0.1) is 18.2 Å². The third kappa shape index (κ3) is 3.25. The highest BCUT2D eigenvalue weighted by atomic mass is 16.2. The van der Waals surface area contributed by atoms with Crippen molar-refractivity contribution in [2.75, 3.05) is 19.6 Å². The van der Waals surface area contributed by atoms with E-state index in [9.17, 15) is 4.79 Å². The molecule has 1 saturated heterocycles. The first-order valence-electron chi connectivity index (χ1n) is 10.3. The molecule has 0 bridgehead atoms. The molecule has 5 rings (SSSR count). The van der Waals surface area contributed by atoms with Crippen LogP contribution >= 0.6 is 0 Å². The summed E-state index contributed by atoms with van der Waals surface area (Å²) in [5.41, 5.74) is 4.92. The Morgan fingerprint density at radius 1 is 1.03 bits per heavy atom. The van der Waals surface area contributed by atoms with Gasteiger partial charge in [-0.3, -0.25) is 9.48 Å². The molecule has 3 aromatic rings. The van der Waals surface area contributed by atoms with E-state index in [-0.39, 0.29) is 23.8 Å². The number of hydrogen-bond acceptors (Lipinski definition) is 3. The van der Waals surface area contributed by atoms with E-state index in [1.807, 2.05) is 30.2 Å². The van der Waals surface area contributed by atoms with Gasteiger partial charge in [-0.2, -0.15) is 5.10 Å². The van der Waals surface area contributed by atoms with Crippen LogP contribution in [0.15, 0.2) is 67.0 Å². The lowest BCUT2D eigenvalue weighted by Crippen LogP contribution is -2.45. The van der Waals surface area contributed by atoms with E-state index in [0.717, 1.165) is 31.6 Å². The lowest BCUT2D eigenvalue weighted by Gasteiger charge is -2.39. The number of nitrogens with one attached hydrogen (secondary N) is 1. The molecule has 0 radical (unpaired) electrons. The number of fused-ring (bicyclic) bond motifs is 1. The van der Waals surface area contributed by atoms with Gasteiger partial charge in [0.25, 0.3) is 0 Å². The van der Waals surface area contributed by atoms with Crippen LogP contribution in [0.3, 0.4) is 0 Å². The van der Waals surface area contributed by atoms with Gasteiger partial charge in [-0.05, 0) is 28.7 Å². The molecule has 3 heterocycles. The van der Waals surface area contributed by atoms with Crippen LogP contribution in [0.2, 0.25) is 0 Å². The number of benzene rings is 2. The standard InChI is InChI=1S/C24H26N4O/c1-27-16-19(13-26-27)21-14-25-15-22(21)24(29)28-12-11-17-7-5-6-10-20(17)23(28)18-8-3-2-4-9-18/h2-10,13,16,21-23,25H,11-12,14-15H2,1H3/t21-,22+,23?/m1/s1. The average molecular weight is 386 g/mol. The Morgan fingerprint density at radius 3 is 2.62 bits per heavy atom. The minimum Gasteiger partial charge on any atom is -0.331 e. The van der Waals surface area contributed by atoms with Gasteiger partial charge >= 0.3 is 0 Å². The summed E-state index contributed by atoms with van der Waals surface area (Å²) in [5, 5.41) is 7.76. The second-order valence-electron chi connectivity index (χ2n) is 8.11. The maximum Gasteiger partial charge on any atom is 0.228 e. The maximum absolute atomic E-state index is 13.8. The largest absolute Gasteiger partial charge is 0.331 e. The molecule has 148 valence electrons. The monoisotopic (exact) mass is 386 g/mol. The number of aromatic nitrogens is 2. The van der Waals surface area contributed by atoms with Crippen molar-refractivity contribution in [3.05, 3.63) is 89.2 Å². The fraction of sp³-hybridized carbons (Fsp3) is 0.333. The number of nitrogens with zero attached hydrogens (tertiary/aromatic N) is 3. The molecule has 0 saturated carbocycles. The van der Waals surface area contributed by atoms with Gasteiger partial charge in [0.1, 0.15) is 0 Å². The minimum atomic E-state index is -0.0596. The molecule has 1 amide bonds. The Kier molecular flexibility index (Phi) is 4.68. The molecule has 0 aliphatic carbocycles.